The van der Waals surface area contributed by atoms with Gasteiger partial charge in [0.05, 0.1) is 0 Å². The highest BCUT2D eigenvalue weighted by Crippen LogP contribution is 2.26. The molecule has 0 bridgehead atoms. The summed E-state index contributed by atoms with van der Waals surface area (Å²) in [6.45, 7) is 2.86. The Hall–Kier alpha value is -1.59. The number of aliphatic carboxylic acids is 1. The van der Waals surface area contributed by atoms with Crippen LogP contribution < -0.4 is 10.6 Å². The van der Waals surface area contributed by atoms with E-state index in [2.05, 4.69) is 10.6 Å². The topological polar surface area (TPSA) is 95.5 Å². The number of amides is 2. The van der Waals surface area contributed by atoms with Gasteiger partial charge in [-0.15, -0.1) is 0 Å². The van der Waals surface area contributed by atoms with Crippen molar-refractivity contribution >= 4 is 17.8 Å². The molecule has 2 amide bonds. The van der Waals surface area contributed by atoms with E-state index in [0.29, 0.717) is 0 Å². The summed E-state index contributed by atoms with van der Waals surface area (Å²) in [5, 5.41) is 14.2. The number of carbonyl (C=O) groups excluding carboxylic acids is 2. The maximum atomic E-state index is 11.8. The molecule has 0 radical (unpaired) electrons. The molecule has 0 aliphatic heterocycles. The number of nitrogens with one attached hydrogen (secondary N) is 2. The van der Waals surface area contributed by atoms with E-state index in [1.807, 2.05) is 0 Å². The van der Waals surface area contributed by atoms with Crippen LogP contribution in [0.3, 0.4) is 0 Å². The second kappa shape index (κ2) is 7.11. The fraction of sp³-hybridized carbons (Fsp3) is 0.769. The lowest BCUT2D eigenvalue weighted by Gasteiger charge is -2.28. The normalized spacial score (nSPS) is 19.3. The van der Waals surface area contributed by atoms with E-state index in [1.54, 1.807) is 0 Å². The third-order valence-corrected chi connectivity index (χ3v) is 3.50. The summed E-state index contributed by atoms with van der Waals surface area (Å²) in [5.74, 6) is -1.78. The molecular formula is C13H22N2O4. The molecule has 2 atom stereocenters. The number of hydrogen-bond donors (Lipinski definition) is 3. The summed E-state index contributed by atoms with van der Waals surface area (Å²) in [6, 6.07) is -1.58. The molecule has 0 heterocycles. The minimum atomic E-state index is -1.00. The van der Waals surface area contributed by atoms with Crippen molar-refractivity contribution in [1.29, 1.82) is 0 Å². The third kappa shape index (κ3) is 4.89. The zero-order chi connectivity index (χ0) is 14.4. The maximum absolute atomic E-state index is 11.8. The maximum Gasteiger partial charge on any atom is 0.326 e. The van der Waals surface area contributed by atoms with Gasteiger partial charge < -0.3 is 15.7 Å². The van der Waals surface area contributed by atoms with E-state index in [1.165, 1.54) is 13.8 Å². The molecule has 1 rings (SSSR count). The summed E-state index contributed by atoms with van der Waals surface area (Å²) in [4.78, 5) is 34.0. The largest absolute Gasteiger partial charge is 0.480 e. The average molecular weight is 270 g/mol. The molecule has 0 spiro atoms. The van der Waals surface area contributed by atoms with Crippen LogP contribution in [0.1, 0.15) is 46.0 Å². The zero-order valence-electron chi connectivity index (χ0n) is 11.4. The van der Waals surface area contributed by atoms with E-state index in [9.17, 15) is 19.5 Å². The van der Waals surface area contributed by atoms with Crippen molar-refractivity contribution in [2.75, 3.05) is 0 Å². The van der Waals surface area contributed by atoms with Gasteiger partial charge in [0, 0.05) is 6.92 Å². The lowest BCUT2D eigenvalue weighted by Crippen LogP contribution is -2.52. The van der Waals surface area contributed by atoms with Crippen LogP contribution in [-0.4, -0.2) is 35.0 Å². The van der Waals surface area contributed by atoms with Crippen molar-refractivity contribution in [2.45, 2.75) is 58.0 Å². The van der Waals surface area contributed by atoms with Crippen LogP contribution in [0.4, 0.5) is 0 Å². The van der Waals surface area contributed by atoms with Crippen LogP contribution in [0.2, 0.25) is 0 Å². The van der Waals surface area contributed by atoms with Gasteiger partial charge in [-0.2, -0.15) is 0 Å². The molecule has 1 fully saturated rings. The third-order valence-electron chi connectivity index (χ3n) is 3.50. The Labute approximate surface area is 112 Å². The number of carboxylic acid groups (broad SMARTS) is 1. The quantitative estimate of drug-likeness (QED) is 0.684. The van der Waals surface area contributed by atoms with E-state index >= 15 is 0 Å². The molecule has 0 saturated heterocycles. The van der Waals surface area contributed by atoms with E-state index < -0.39 is 24.0 Å². The van der Waals surface area contributed by atoms with Gasteiger partial charge >= 0.3 is 5.97 Å². The first-order valence-electron chi connectivity index (χ1n) is 6.72. The smallest absolute Gasteiger partial charge is 0.326 e. The summed E-state index contributed by atoms with van der Waals surface area (Å²) in [5.41, 5.74) is 0. The van der Waals surface area contributed by atoms with Crippen LogP contribution in [0.25, 0.3) is 0 Å². The fourth-order valence-corrected chi connectivity index (χ4v) is 2.50. The number of carboxylic acids is 1. The van der Waals surface area contributed by atoms with Crippen molar-refractivity contribution in [3.8, 4) is 0 Å². The Bertz CT molecular complexity index is 351. The van der Waals surface area contributed by atoms with E-state index in [4.69, 9.17) is 0 Å². The monoisotopic (exact) mass is 270 g/mol. The molecule has 6 heteroatoms. The van der Waals surface area contributed by atoms with Gasteiger partial charge in [-0.25, -0.2) is 4.79 Å². The second-order valence-electron chi connectivity index (χ2n) is 5.14. The van der Waals surface area contributed by atoms with Gasteiger partial charge in [0.2, 0.25) is 11.8 Å². The van der Waals surface area contributed by atoms with E-state index in [0.717, 1.165) is 32.1 Å². The van der Waals surface area contributed by atoms with Crippen LogP contribution in [0.5, 0.6) is 0 Å². The average Bonchev–Trinajstić information content (AvgIpc) is 2.35. The van der Waals surface area contributed by atoms with Gasteiger partial charge in [-0.1, -0.05) is 19.3 Å². The number of carbonyl (C=O) groups is 3. The first-order chi connectivity index (χ1) is 8.91. The van der Waals surface area contributed by atoms with Crippen LogP contribution >= 0.6 is 0 Å². The fourth-order valence-electron chi connectivity index (χ4n) is 2.50. The molecule has 0 aromatic heterocycles. The Balaban J connectivity index is 2.59. The van der Waals surface area contributed by atoms with Crippen molar-refractivity contribution < 1.29 is 19.5 Å². The predicted molar refractivity (Wildman–Crippen MR) is 69.4 cm³/mol. The van der Waals surface area contributed by atoms with Crippen molar-refractivity contribution in [2.24, 2.45) is 5.92 Å². The van der Waals surface area contributed by atoms with Crippen molar-refractivity contribution in [3.63, 3.8) is 0 Å². The van der Waals surface area contributed by atoms with Gasteiger partial charge in [0.15, 0.2) is 0 Å². The van der Waals surface area contributed by atoms with Crippen molar-refractivity contribution in [1.82, 2.24) is 10.6 Å². The molecule has 3 N–H and O–H groups in total. The Morgan fingerprint density at radius 1 is 1.11 bits per heavy atom. The number of hydrogen-bond acceptors (Lipinski definition) is 3. The molecule has 1 saturated carbocycles. The molecule has 108 valence electrons. The molecule has 1 aliphatic carbocycles. The first kappa shape index (κ1) is 15.5. The molecule has 0 aromatic rings. The number of rotatable bonds is 5. The van der Waals surface area contributed by atoms with Crippen LogP contribution in [-0.2, 0) is 14.4 Å². The molecule has 19 heavy (non-hydrogen) atoms. The van der Waals surface area contributed by atoms with Gasteiger partial charge in [-0.05, 0) is 25.7 Å². The van der Waals surface area contributed by atoms with Gasteiger partial charge in [0.25, 0.3) is 0 Å². The van der Waals surface area contributed by atoms with Crippen LogP contribution in [0, 0.1) is 5.92 Å². The van der Waals surface area contributed by atoms with Gasteiger partial charge in [-0.3, -0.25) is 9.59 Å². The zero-order valence-corrected chi connectivity index (χ0v) is 11.4. The Morgan fingerprint density at radius 2 is 1.68 bits per heavy atom. The highest BCUT2D eigenvalue weighted by Gasteiger charge is 2.31. The minimum absolute atomic E-state index is 0.0141. The van der Waals surface area contributed by atoms with E-state index in [-0.39, 0.29) is 11.8 Å². The molecule has 0 aromatic carbocycles. The molecule has 2 unspecified atom stereocenters. The second-order valence-corrected chi connectivity index (χ2v) is 5.14. The standard InChI is InChI=1S/C13H22N2O4/c1-8(14-9(2)16)12(17)15-11(13(18)19)10-6-4-3-5-7-10/h8,10-11H,3-7H2,1-2H3,(H,14,16)(H,15,17)(H,18,19). The Kier molecular flexibility index (Phi) is 5.79. The highest BCUT2D eigenvalue weighted by atomic mass is 16.4. The lowest BCUT2D eigenvalue weighted by molar-refractivity contribution is -0.144. The van der Waals surface area contributed by atoms with Gasteiger partial charge in [0.1, 0.15) is 12.1 Å². The Morgan fingerprint density at radius 3 is 2.16 bits per heavy atom. The summed E-state index contributed by atoms with van der Waals surface area (Å²) in [7, 11) is 0. The SMILES string of the molecule is CC(=O)NC(C)C(=O)NC(C(=O)O)C1CCCCC1. The predicted octanol–water partition coefficient (Wildman–Crippen LogP) is 0.661. The first-order valence-corrected chi connectivity index (χ1v) is 6.72. The van der Waals surface area contributed by atoms with Crippen LogP contribution in [0.15, 0.2) is 0 Å². The molecular weight excluding hydrogens is 248 g/mol. The summed E-state index contributed by atoms with van der Waals surface area (Å²) < 4.78 is 0. The molecule has 6 nitrogen and oxygen atoms in total. The highest BCUT2D eigenvalue weighted by molar-refractivity contribution is 5.89. The minimum Gasteiger partial charge on any atom is -0.480 e. The summed E-state index contributed by atoms with van der Waals surface area (Å²) in [6.07, 6.45) is 4.79. The summed E-state index contributed by atoms with van der Waals surface area (Å²) >= 11 is 0. The van der Waals surface area contributed by atoms with Crippen molar-refractivity contribution in [3.05, 3.63) is 0 Å². The lowest BCUT2D eigenvalue weighted by atomic mass is 9.84. The molecule has 1 aliphatic rings.